The number of aromatic nitrogens is 1. The van der Waals surface area contributed by atoms with E-state index in [-0.39, 0.29) is 0 Å². The van der Waals surface area contributed by atoms with E-state index in [1.165, 1.54) is 0 Å². The second kappa shape index (κ2) is 7.52. The summed E-state index contributed by atoms with van der Waals surface area (Å²) in [6.07, 6.45) is 2.02. The van der Waals surface area contributed by atoms with Crippen molar-refractivity contribution < 1.29 is 4.52 Å². The number of aliphatic imine (C=N–C) groups is 1. The van der Waals surface area contributed by atoms with E-state index in [1.807, 2.05) is 50.6 Å². The van der Waals surface area contributed by atoms with E-state index in [2.05, 4.69) is 15.0 Å². The van der Waals surface area contributed by atoms with E-state index in [1.54, 1.807) is 11.8 Å². The zero-order valence-electron chi connectivity index (χ0n) is 12.3. The molecule has 6 heteroatoms. The molecule has 0 amide bonds. The van der Waals surface area contributed by atoms with Gasteiger partial charge in [-0.05, 0) is 25.3 Å². The lowest BCUT2D eigenvalue weighted by Gasteiger charge is -2.17. The van der Waals surface area contributed by atoms with Crippen LogP contribution in [-0.4, -0.2) is 35.1 Å². The summed E-state index contributed by atoms with van der Waals surface area (Å²) in [4.78, 5) is 6.51. The van der Waals surface area contributed by atoms with Gasteiger partial charge in [-0.2, -0.15) is 0 Å². The van der Waals surface area contributed by atoms with Crippen molar-refractivity contribution in [3.63, 3.8) is 0 Å². The summed E-state index contributed by atoms with van der Waals surface area (Å²) in [5, 5.41) is 5.79. The highest BCUT2D eigenvalue weighted by atomic mass is 35.5. The number of thioether (sulfide) groups is 1. The zero-order valence-corrected chi connectivity index (χ0v) is 13.9. The van der Waals surface area contributed by atoms with E-state index in [0.29, 0.717) is 11.6 Å². The Morgan fingerprint density at radius 3 is 2.90 bits per heavy atom. The number of nitrogens with zero attached hydrogens (tertiary/aromatic N) is 3. The molecule has 0 N–H and O–H groups in total. The summed E-state index contributed by atoms with van der Waals surface area (Å²) in [7, 11) is 2.00. The van der Waals surface area contributed by atoms with Gasteiger partial charge < -0.3 is 9.42 Å². The van der Waals surface area contributed by atoms with Gasteiger partial charge in [0.2, 0.25) is 0 Å². The van der Waals surface area contributed by atoms with E-state index in [9.17, 15) is 0 Å². The van der Waals surface area contributed by atoms with Gasteiger partial charge in [0.05, 0.1) is 6.54 Å². The molecular weight excluding hydrogens is 306 g/mol. The van der Waals surface area contributed by atoms with Crippen LogP contribution in [0.5, 0.6) is 0 Å². The van der Waals surface area contributed by atoms with Crippen molar-refractivity contribution in [1.82, 2.24) is 10.1 Å². The second-order valence-electron chi connectivity index (χ2n) is 4.51. The molecule has 2 aromatic rings. The summed E-state index contributed by atoms with van der Waals surface area (Å²) >= 11 is 7.62. The minimum Gasteiger partial charge on any atom is -0.356 e. The Morgan fingerprint density at radius 2 is 2.24 bits per heavy atom. The number of amidine groups is 1. The molecule has 0 bridgehead atoms. The van der Waals surface area contributed by atoms with Crippen LogP contribution < -0.4 is 0 Å². The van der Waals surface area contributed by atoms with Crippen molar-refractivity contribution >= 4 is 28.5 Å². The minimum atomic E-state index is 0.656. The summed E-state index contributed by atoms with van der Waals surface area (Å²) in [6, 6.07) is 9.48. The van der Waals surface area contributed by atoms with Gasteiger partial charge in [-0.3, -0.25) is 4.99 Å². The van der Waals surface area contributed by atoms with Gasteiger partial charge in [-0.25, -0.2) is 0 Å². The van der Waals surface area contributed by atoms with Crippen LogP contribution in [-0.2, 0) is 6.54 Å². The molecule has 1 aromatic carbocycles. The van der Waals surface area contributed by atoms with Crippen LogP contribution in [0.4, 0.5) is 0 Å². The molecule has 0 radical (unpaired) electrons. The maximum Gasteiger partial charge on any atom is 0.167 e. The molecule has 0 saturated heterocycles. The molecule has 0 aliphatic heterocycles. The number of hydrogen-bond acceptors (Lipinski definition) is 4. The smallest absolute Gasteiger partial charge is 0.167 e. The lowest BCUT2D eigenvalue weighted by Crippen LogP contribution is -2.23. The quantitative estimate of drug-likeness (QED) is 0.625. The number of benzene rings is 1. The van der Waals surface area contributed by atoms with Crippen LogP contribution in [0.3, 0.4) is 0 Å². The summed E-state index contributed by atoms with van der Waals surface area (Å²) in [5.41, 5.74) is 1.79. The van der Waals surface area contributed by atoms with E-state index >= 15 is 0 Å². The van der Waals surface area contributed by atoms with Crippen LogP contribution in [0, 0.1) is 0 Å². The Kier molecular flexibility index (Phi) is 5.70. The third kappa shape index (κ3) is 4.25. The predicted molar refractivity (Wildman–Crippen MR) is 89.9 cm³/mol. The van der Waals surface area contributed by atoms with Crippen LogP contribution in [0.2, 0.25) is 5.02 Å². The molecule has 0 spiro atoms. The fourth-order valence-corrected chi connectivity index (χ4v) is 2.78. The molecule has 2 rings (SSSR count). The first-order chi connectivity index (χ1) is 10.1. The highest BCUT2D eigenvalue weighted by molar-refractivity contribution is 8.13. The number of rotatable bonds is 4. The molecule has 4 nitrogen and oxygen atoms in total. The normalized spacial score (nSPS) is 11.7. The second-order valence-corrected chi connectivity index (χ2v) is 5.72. The zero-order chi connectivity index (χ0) is 15.2. The molecule has 1 aromatic heterocycles. The van der Waals surface area contributed by atoms with Crippen molar-refractivity contribution in [2.24, 2.45) is 4.99 Å². The molecule has 0 aliphatic rings. The van der Waals surface area contributed by atoms with E-state index in [0.717, 1.165) is 28.7 Å². The Morgan fingerprint density at radius 1 is 1.43 bits per heavy atom. The Bertz CT molecular complexity index is 627. The van der Waals surface area contributed by atoms with Crippen LogP contribution in [0.1, 0.15) is 12.6 Å². The van der Waals surface area contributed by atoms with Crippen LogP contribution in [0.15, 0.2) is 39.8 Å². The molecule has 0 aliphatic carbocycles. The van der Waals surface area contributed by atoms with Gasteiger partial charge in [0, 0.05) is 30.2 Å². The van der Waals surface area contributed by atoms with Gasteiger partial charge in [-0.1, -0.05) is 40.7 Å². The van der Waals surface area contributed by atoms with Crippen molar-refractivity contribution in [1.29, 1.82) is 0 Å². The van der Waals surface area contributed by atoms with E-state index < -0.39 is 0 Å². The molecule has 0 saturated carbocycles. The Hall–Kier alpha value is -1.46. The summed E-state index contributed by atoms with van der Waals surface area (Å²) in [6.45, 7) is 3.45. The topological polar surface area (TPSA) is 41.6 Å². The van der Waals surface area contributed by atoms with Crippen molar-refractivity contribution in [2.45, 2.75) is 13.5 Å². The largest absolute Gasteiger partial charge is 0.356 e. The van der Waals surface area contributed by atoms with Gasteiger partial charge in [-0.15, -0.1) is 0 Å². The van der Waals surface area contributed by atoms with Crippen molar-refractivity contribution in [3.05, 3.63) is 41.0 Å². The van der Waals surface area contributed by atoms with Gasteiger partial charge in [0.25, 0.3) is 0 Å². The van der Waals surface area contributed by atoms with Gasteiger partial charge in [0.1, 0.15) is 5.69 Å². The average Bonchev–Trinajstić information content (AvgIpc) is 2.93. The number of halogens is 1. The molecular formula is C15H18ClN3OS. The maximum absolute atomic E-state index is 5.99. The van der Waals surface area contributed by atoms with Gasteiger partial charge >= 0.3 is 0 Å². The minimum absolute atomic E-state index is 0.656. The predicted octanol–water partition coefficient (Wildman–Crippen LogP) is 4.17. The standard InChI is InChI=1S/C15H18ClN3OS/c1-4-17-15(21-3)19(2)10-13-9-14(20-18-13)11-6-5-7-12(16)8-11/h5-9H,4,10H2,1-3H3. The summed E-state index contributed by atoms with van der Waals surface area (Å²) < 4.78 is 5.40. The van der Waals surface area contributed by atoms with E-state index in [4.69, 9.17) is 16.1 Å². The number of hydrogen-bond donors (Lipinski definition) is 0. The highest BCUT2D eigenvalue weighted by Gasteiger charge is 2.11. The lowest BCUT2D eigenvalue weighted by molar-refractivity contribution is 0.405. The third-order valence-corrected chi connectivity index (χ3v) is 3.91. The molecule has 1 heterocycles. The molecule has 21 heavy (non-hydrogen) atoms. The summed E-state index contributed by atoms with van der Waals surface area (Å²) in [5.74, 6) is 0.721. The lowest BCUT2D eigenvalue weighted by atomic mass is 10.1. The molecule has 112 valence electrons. The molecule has 0 unspecified atom stereocenters. The first kappa shape index (κ1) is 15.9. The van der Waals surface area contributed by atoms with Gasteiger partial charge in [0.15, 0.2) is 10.9 Å². The third-order valence-electron chi connectivity index (χ3n) is 2.87. The van der Waals surface area contributed by atoms with Crippen molar-refractivity contribution in [3.8, 4) is 11.3 Å². The van der Waals surface area contributed by atoms with Crippen LogP contribution in [0.25, 0.3) is 11.3 Å². The van der Waals surface area contributed by atoms with Crippen LogP contribution >= 0.6 is 23.4 Å². The highest BCUT2D eigenvalue weighted by Crippen LogP contribution is 2.24. The Labute approximate surface area is 134 Å². The average molecular weight is 324 g/mol. The fraction of sp³-hybridized carbons (Fsp3) is 0.333. The first-order valence-corrected chi connectivity index (χ1v) is 8.25. The SMILES string of the molecule is CCN=C(SC)N(C)Cc1cc(-c2cccc(Cl)c2)on1. The first-order valence-electron chi connectivity index (χ1n) is 6.65. The molecule has 0 fully saturated rings. The van der Waals surface area contributed by atoms with Crippen molar-refractivity contribution in [2.75, 3.05) is 19.8 Å². The molecule has 0 atom stereocenters. The maximum atomic E-state index is 5.99. The monoisotopic (exact) mass is 323 g/mol. The Balaban J connectivity index is 2.12. The fourth-order valence-electron chi connectivity index (χ4n) is 1.95.